The Morgan fingerprint density at radius 2 is 1.69 bits per heavy atom. The number of nitrogens with one attached hydrogen (secondary N) is 2. The highest BCUT2D eigenvalue weighted by Crippen LogP contribution is 2.19. The van der Waals surface area contributed by atoms with Gasteiger partial charge >= 0.3 is 0 Å². The van der Waals surface area contributed by atoms with Gasteiger partial charge in [-0.25, -0.2) is 4.39 Å². The van der Waals surface area contributed by atoms with E-state index < -0.39 is 5.82 Å². The topological polar surface area (TPSA) is 76.7 Å². The van der Waals surface area contributed by atoms with E-state index in [9.17, 15) is 14.0 Å². The minimum absolute atomic E-state index is 0.0466. The zero-order valence-corrected chi connectivity index (χ0v) is 14.7. The first-order chi connectivity index (χ1) is 12.5. The number of amides is 2. The number of rotatable bonds is 8. The van der Waals surface area contributed by atoms with Crippen molar-refractivity contribution in [3.63, 3.8) is 0 Å². The van der Waals surface area contributed by atoms with Crippen molar-refractivity contribution in [1.82, 2.24) is 0 Å². The molecule has 0 bridgehead atoms. The third kappa shape index (κ3) is 5.86. The van der Waals surface area contributed by atoms with Crippen molar-refractivity contribution in [3.05, 3.63) is 53.8 Å². The van der Waals surface area contributed by atoms with Crippen molar-refractivity contribution >= 4 is 23.2 Å². The molecule has 26 heavy (non-hydrogen) atoms. The standard InChI is InChI=1S/C19H21FN2O4/c1-25-12-19(24)22-15-5-3-4-14(11-15)21-18(23)9-7-13-6-8-17(26-2)16(20)10-13/h3-6,8,10-11H,7,9,12H2,1-2H3,(H,21,23)(H,22,24). The van der Waals surface area contributed by atoms with Crippen LogP contribution in [-0.2, 0) is 20.7 Å². The van der Waals surface area contributed by atoms with Gasteiger partial charge in [-0.15, -0.1) is 0 Å². The van der Waals surface area contributed by atoms with Crippen molar-refractivity contribution < 1.29 is 23.5 Å². The lowest BCUT2D eigenvalue weighted by Crippen LogP contribution is -2.17. The van der Waals surface area contributed by atoms with E-state index in [0.717, 1.165) is 0 Å². The summed E-state index contributed by atoms with van der Waals surface area (Å²) in [6.45, 7) is -0.0466. The molecular formula is C19H21FN2O4. The average molecular weight is 360 g/mol. The van der Waals surface area contributed by atoms with E-state index in [4.69, 9.17) is 9.47 Å². The Balaban J connectivity index is 1.89. The maximum absolute atomic E-state index is 13.7. The summed E-state index contributed by atoms with van der Waals surface area (Å²) in [6.07, 6.45) is 0.600. The number of carbonyl (C=O) groups excluding carboxylic acids is 2. The van der Waals surface area contributed by atoms with Crippen molar-refractivity contribution in [2.45, 2.75) is 12.8 Å². The zero-order valence-electron chi connectivity index (χ0n) is 14.7. The minimum Gasteiger partial charge on any atom is -0.494 e. The third-order valence-electron chi connectivity index (χ3n) is 3.56. The van der Waals surface area contributed by atoms with Crippen LogP contribution in [-0.4, -0.2) is 32.6 Å². The Labute approximate surface area is 151 Å². The van der Waals surface area contributed by atoms with Crippen molar-refractivity contribution in [1.29, 1.82) is 0 Å². The summed E-state index contributed by atoms with van der Waals surface area (Å²) in [5.74, 6) is -0.769. The van der Waals surface area contributed by atoms with Gasteiger partial charge in [0, 0.05) is 24.9 Å². The fraction of sp³-hybridized carbons (Fsp3) is 0.263. The fourth-order valence-electron chi connectivity index (χ4n) is 2.35. The number of methoxy groups -OCH3 is 2. The van der Waals surface area contributed by atoms with Crippen LogP contribution in [0.5, 0.6) is 5.75 Å². The van der Waals surface area contributed by atoms with Crippen LogP contribution in [0.1, 0.15) is 12.0 Å². The fourth-order valence-corrected chi connectivity index (χ4v) is 2.35. The van der Waals surface area contributed by atoms with Gasteiger partial charge in [-0.1, -0.05) is 12.1 Å². The SMILES string of the molecule is COCC(=O)Nc1cccc(NC(=O)CCc2ccc(OC)c(F)c2)c1. The molecule has 0 saturated carbocycles. The van der Waals surface area contributed by atoms with Gasteiger partial charge in [0.15, 0.2) is 11.6 Å². The number of ether oxygens (including phenoxy) is 2. The van der Waals surface area contributed by atoms with E-state index in [-0.39, 0.29) is 30.6 Å². The number of benzene rings is 2. The molecule has 138 valence electrons. The second-order valence-corrected chi connectivity index (χ2v) is 5.58. The second kappa shape index (κ2) is 9.53. The molecular weight excluding hydrogens is 339 g/mol. The highest BCUT2D eigenvalue weighted by atomic mass is 19.1. The molecule has 0 spiro atoms. The molecule has 0 saturated heterocycles. The van der Waals surface area contributed by atoms with Gasteiger partial charge in [-0.2, -0.15) is 0 Å². The van der Waals surface area contributed by atoms with E-state index in [1.165, 1.54) is 26.4 Å². The summed E-state index contributed by atoms with van der Waals surface area (Å²) in [5, 5.41) is 5.42. The summed E-state index contributed by atoms with van der Waals surface area (Å²) in [7, 11) is 2.84. The second-order valence-electron chi connectivity index (χ2n) is 5.58. The summed E-state index contributed by atoms with van der Waals surface area (Å²) < 4.78 is 23.3. The molecule has 2 amide bonds. The summed E-state index contributed by atoms with van der Waals surface area (Å²) in [4.78, 5) is 23.6. The number of halogens is 1. The van der Waals surface area contributed by atoms with E-state index in [1.807, 2.05) is 0 Å². The molecule has 2 aromatic rings. The van der Waals surface area contributed by atoms with Crippen molar-refractivity contribution in [3.8, 4) is 5.75 Å². The Morgan fingerprint density at radius 1 is 1.00 bits per heavy atom. The van der Waals surface area contributed by atoms with Crippen LogP contribution in [0.2, 0.25) is 0 Å². The summed E-state index contributed by atoms with van der Waals surface area (Å²) in [6, 6.07) is 11.4. The van der Waals surface area contributed by atoms with Gasteiger partial charge in [0.05, 0.1) is 7.11 Å². The monoisotopic (exact) mass is 360 g/mol. The van der Waals surface area contributed by atoms with E-state index in [0.29, 0.717) is 23.4 Å². The molecule has 2 aromatic carbocycles. The van der Waals surface area contributed by atoms with Gasteiger partial charge in [0.2, 0.25) is 11.8 Å². The number of anilines is 2. The van der Waals surface area contributed by atoms with Crippen LogP contribution in [0.3, 0.4) is 0 Å². The molecule has 0 radical (unpaired) electrons. The first kappa shape index (κ1) is 19.4. The van der Waals surface area contributed by atoms with Gasteiger partial charge in [-0.3, -0.25) is 9.59 Å². The lowest BCUT2D eigenvalue weighted by molar-refractivity contribution is -0.119. The van der Waals surface area contributed by atoms with Gasteiger partial charge in [-0.05, 0) is 42.3 Å². The van der Waals surface area contributed by atoms with Gasteiger partial charge in [0.1, 0.15) is 6.61 Å². The van der Waals surface area contributed by atoms with Gasteiger partial charge < -0.3 is 20.1 Å². The molecule has 0 aliphatic carbocycles. The smallest absolute Gasteiger partial charge is 0.250 e. The Bertz CT molecular complexity index is 780. The normalized spacial score (nSPS) is 10.3. The van der Waals surface area contributed by atoms with Crippen LogP contribution < -0.4 is 15.4 Å². The molecule has 0 unspecified atom stereocenters. The molecule has 0 aromatic heterocycles. The quantitative estimate of drug-likeness (QED) is 0.759. The Hall–Kier alpha value is -2.93. The summed E-state index contributed by atoms with van der Waals surface area (Å²) in [5.41, 5.74) is 1.83. The van der Waals surface area contributed by atoms with Crippen LogP contribution in [0.15, 0.2) is 42.5 Å². The molecule has 2 N–H and O–H groups in total. The van der Waals surface area contributed by atoms with Crippen molar-refractivity contribution in [2.24, 2.45) is 0 Å². The first-order valence-corrected chi connectivity index (χ1v) is 8.03. The number of carbonyl (C=O) groups is 2. The molecule has 7 heteroatoms. The van der Waals surface area contributed by atoms with Crippen LogP contribution >= 0.6 is 0 Å². The van der Waals surface area contributed by atoms with E-state index in [2.05, 4.69) is 10.6 Å². The van der Waals surface area contributed by atoms with Crippen molar-refractivity contribution in [2.75, 3.05) is 31.5 Å². The highest BCUT2D eigenvalue weighted by molar-refractivity contribution is 5.94. The third-order valence-corrected chi connectivity index (χ3v) is 3.56. The average Bonchev–Trinajstić information content (AvgIpc) is 2.60. The van der Waals surface area contributed by atoms with E-state index in [1.54, 1.807) is 30.3 Å². The molecule has 6 nitrogen and oxygen atoms in total. The lowest BCUT2D eigenvalue weighted by Gasteiger charge is -2.09. The van der Waals surface area contributed by atoms with Crippen LogP contribution in [0.4, 0.5) is 15.8 Å². The predicted octanol–water partition coefficient (Wildman–Crippen LogP) is 2.99. The number of aryl methyl sites for hydroxylation is 1. The Kier molecular flexibility index (Phi) is 7.11. The molecule has 0 heterocycles. The molecule has 2 rings (SSSR count). The van der Waals surface area contributed by atoms with Crippen LogP contribution in [0, 0.1) is 5.82 Å². The highest BCUT2D eigenvalue weighted by Gasteiger charge is 2.08. The largest absolute Gasteiger partial charge is 0.494 e. The number of hydrogen-bond acceptors (Lipinski definition) is 4. The number of hydrogen-bond donors (Lipinski definition) is 2. The molecule has 0 aliphatic heterocycles. The molecule has 0 atom stereocenters. The van der Waals surface area contributed by atoms with Gasteiger partial charge in [0.25, 0.3) is 0 Å². The molecule has 0 fully saturated rings. The maximum atomic E-state index is 13.7. The van der Waals surface area contributed by atoms with E-state index >= 15 is 0 Å². The summed E-state index contributed by atoms with van der Waals surface area (Å²) >= 11 is 0. The zero-order chi connectivity index (χ0) is 18.9. The first-order valence-electron chi connectivity index (χ1n) is 8.03. The molecule has 0 aliphatic rings. The van der Waals surface area contributed by atoms with Crippen LogP contribution in [0.25, 0.3) is 0 Å². The Morgan fingerprint density at radius 3 is 2.31 bits per heavy atom. The predicted molar refractivity (Wildman–Crippen MR) is 96.9 cm³/mol. The lowest BCUT2D eigenvalue weighted by atomic mass is 10.1. The minimum atomic E-state index is -0.454. The maximum Gasteiger partial charge on any atom is 0.250 e.